The predicted octanol–water partition coefficient (Wildman–Crippen LogP) is 2.51. The van der Waals surface area contributed by atoms with Crippen LogP contribution in [0.4, 0.5) is 10.1 Å². The predicted molar refractivity (Wildman–Crippen MR) is 85.3 cm³/mol. The highest BCUT2D eigenvalue weighted by molar-refractivity contribution is 6.01. The second kappa shape index (κ2) is 6.59. The van der Waals surface area contributed by atoms with Gasteiger partial charge in [-0.15, -0.1) is 6.42 Å². The summed E-state index contributed by atoms with van der Waals surface area (Å²) in [4.78, 5) is 26.2. The molecule has 0 bridgehead atoms. The van der Waals surface area contributed by atoms with E-state index in [1.54, 1.807) is 12.1 Å². The summed E-state index contributed by atoms with van der Waals surface area (Å²) in [6.45, 7) is 0.265. The fourth-order valence-electron chi connectivity index (χ4n) is 2.79. The van der Waals surface area contributed by atoms with Crippen LogP contribution >= 0.6 is 0 Å². The number of nitrogens with zero attached hydrogens (tertiary/aromatic N) is 1. The summed E-state index contributed by atoms with van der Waals surface area (Å²) < 4.78 is 18.9. The Bertz CT molecular complexity index is 808. The first-order valence-electron chi connectivity index (χ1n) is 7.42. The first kappa shape index (κ1) is 15.8. The van der Waals surface area contributed by atoms with E-state index in [0.29, 0.717) is 17.0 Å². The van der Waals surface area contributed by atoms with Gasteiger partial charge in [-0.1, -0.05) is 5.92 Å². The van der Waals surface area contributed by atoms with Crippen LogP contribution in [0, 0.1) is 18.2 Å². The molecule has 6 heteroatoms. The lowest BCUT2D eigenvalue weighted by Crippen LogP contribution is -2.38. The van der Waals surface area contributed by atoms with Crippen LogP contribution < -0.4 is 5.32 Å². The minimum atomic E-state index is -0.771. The molecule has 3 rings (SSSR count). The summed E-state index contributed by atoms with van der Waals surface area (Å²) >= 11 is 0. The molecule has 5 nitrogen and oxygen atoms in total. The molecule has 1 aromatic heterocycles. The number of hydrogen-bond acceptors (Lipinski definition) is 3. The van der Waals surface area contributed by atoms with Crippen LogP contribution in [0.1, 0.15) is 23.7 Å². The van der Waals surface area contributed by atoms with Crippen LogP contribution in [0.25, 0.3) is 0 Å². The Kier molecular flexibility index (Phi) is 4.34. The SMILES string of the molecule is C#CCN(Cc1ccco1)C(=O)[C@H]1CC(=O)Nc2ccc(F)cc21. The smallest absolute Gasteiger partial charge is 0.231 e. The third-order valence-corrected chi connectivity index (χ3v) is 3.87. The number of carbonyl (C=O) groups excluding carboxylic acids is 2. The van der Waals surface area contributed by atoms with Gasteiger partial charge >= 0.3 is 0 Å². The summed E-state index contributed by atoms with van der Waals surface area (Å²) in [5.74, 6) is 1.17. The molecule has 0 radical (unpaired) electrons. The zero-order valence-electron chi connectivity index (χ0n) is 12.8. The first-order chi connectivity index (χ1) is 11.6. The maximum Gasteiger partial charge on any atom is 0.231 e. The molecular weight excluding hydrogens is 311 g/mol. The minimum Gasteiger partial charge on any atom is -0.467 e. The molecule has 0 saturated carbocycles. The highest BCUT2D eigenvalue weighted by Gasteiger charge is 2.34. The van der Waals surface area contributed by atoms with Gasteiger partial charge in [0.1, 0.15) is 11.6 Å². The zero-order chi connectivity index (χ0) is 17.1. The monoisotopic (exact) mass is 326 g/mol. The average molecular weight is 326 g/mol. The Labute approximate surface area is 138 Å². The molecule has 0 spiro atoms. The third kappa shape index (κ3) is 3.15. The second-order valence-corrected chi connectivity index (χ2v) is 5.51. The molecule has 1 atom stereocenters. The molecule has 24 heavy (non-hydrogen) atoms. The van der Waals surface area contributed by atoms with Crippen LogP contribution in [0.15, 0.2) is 41.0 Å². The highest BCUT2D eigenvalue weighted by atomic mass is 19.1. The number of amides is 2. The van der Waals surface area contributed by atoms with Crippen molar-refractivity contribution in [3.8, 4) is 12.3 Å². The molecule has 1 aliphatic heterocycles. The number of halogens is 1. The van der Waals surface area contributed by atoms with Crippen LogP contribution in [0.3, 0.4) is 0 Å². The molecule has 0 aliphatic carbocycles. The topological polar surface area (TPSA) is 62.6 Å². The van der Waals surface area contributed by atoms with Crippen LogP contribution in [-0.4, -0.2) is 23.3 Å². The number of rotatable bonds is 4. The first-order valence-corrected chi connectivity index (χ1v) is 7.42. The van der Waals surface area contributed by atoms with Crippen LogP contribution in [0.5, 0.6) is 0 Å². The molecule has 0 unspecified atom stereocenters. The lowest BCUT2D eigenvalue weighted by Gasteiger charge is -2.29. The van der Waals surface area contributed by atoms with Gasteiger partial charge < -0.3 is 14.6 Å². The van der Waals surface area contributed by atoms with E-state index in [0.717, 1.165) is 0 Å². The quantitative estimate of drug-likeness (QED) is 0.878. The Hall–Kier alpha value is -3.07. The van der Waals surface area contributed by atoms with E-state index in [4.69, 9.17) is 10.8 Å². The summed E-state index contributed by atoms with van der Waals surface area (Å²) in [7, 11) is 0. The minimum absolute atomic E-state index is 0.0471. The molecule has 1 aromatic carbocycles. The fraction of sp³-hybridized carbons (Fsp3) is 0.222. The van der Waals surface area contributed by atoms with E-state index < -0.39 is 11.7 Å². The summed E-state index contributed by atoms with van der Waals surface area (Å²) in [5.41, 5.74) is 0.908. The Balaban J connectivity index is 1.91. The summed E-state index contributed by atoms with van der Waals surface area (Å²) in [5, 5.41) is 2.65. The Morgan fingerprint density at radius 2 is 2.29 bits per heavy atom. The van der Waals surface area contributed by atoms with Gasteiger partial charge in [0.2, 0.25) is 11.8 Å². The van der Waals surface area contributed by atoms with Crippen molar-refractivity contribution in [2.45, 2.75) is 18.9 Å². The van der Waals surface area contributed by atoms with Crippen molar-refractivity contribution in [2.24, 2.45) is 0 Å². The van der Waals surface area contributed by atoms with E-state index >= 15 is 0 Å². The van der Waals surface area contributed by atoms with Crippen molar-refractivity contribution in [1.82, 2.24) is 4.90 Å². The highest BCUT2D eigenvalue weighted by Crippen LogP contribution is 2.34. The lowest BCUT2D eigenvalue weighted by atomic mass is 9.89. The van der Waals surface area contributed by atoms with Gasteiger partial charge in [-0.3, -0.25) is 9.59 Å². The van der Waals surface area contributed by atoms with Gasteiger partial charge in [0.25, 0.3) is 0 Å². The third-order valence-electron chi connectivity index (χ3n) is 3.87. The van der Waals surface area contributed by atoms with E-state index in [-0.39, 0.29) is 31.3 Å². The second-order valence-electron chi connectivity index (χ2n) is 5.51. The molecule has 2 amide bonds. The number of benzene rings is 1. The molecule has 2 aromatic rings. The van der Waals surface area contributed by atoms with Crippen molar-refractivity contribution >= 4 is 17.5 Å². The van der Waals surface area contributed by atoms with E-state index in [1.807, 2.05) is 0 Å². The van der Waals surface area contributed by atoms with Crippen molar-refractivity contribution < 1.29 is 18.4 Å². The van der Waals surface area contributed by atoms with Gasteiger partial charge in [0, 0.05) is 12.1 Å². The standard InChI is InChI=1S/C18H15FN2O3/c1-2-7-21(11-13-4-3-8-24-13)18(23)15-10-17(22)20-16-6-5-12(19)9-14(15)16/h1,3-6,8-9,15H,7,10-11H2,(H,20,22)/t15-/m0/s1. The normalized spacial score (nSPS) is 16.0. The van der Waals surface area contributed by atoms with Gasteiger partial charge in [0.05, 0.1) is 25.3 Å². The maximum absolute atomic E-state index is 13.6. The molecule has 1 N–H and O–H groups in total. The number of anilines is 1. The van der Waals surface area contributed by atoms with Crippen molar-refractivity contribution in [3.63, 3.8) is 0 Å². The summed E-state index contributed by atoms with van der Waals surface area (Å²) in [6.07, 6.45) is 6.82. The van der Waals surface area contributed by atoms with Gasteiger partial charge in [0.15, 0.2) is 0 Å². The Morgan fingerprint density at radius 3 is 3.00 bits per heavy atom. The van der Waals surface area contributed by atoms with Gasteiger partial charge in [-0.2, -0.15) is 0 Å². The Morgan fingerprint density at radius 1 is 1.46 bits per heavy atom. The molecule has 1 aliphatic rings. The van der Waals surface area contributed by atoms with Crippen LogP contribution in [0.2, 0.25) is 0 Å². The number of fused-ring (bicyclic) bond motifs is 1. The van der Waals surface area contributed by atoms with Crippen molar-refractivity contribution in [3.05, 3.63) is 53.7 Å². The zero-order valence-corrected chi connectivity index (χ0v) is 12.8. The summed E-state index contributed by atoms with van der Waals surface area (Å²) in [6, 6.07) is 7.43. The van der Waals surface area contributed by atoms with Crippen LogP contribution in [-0.2, 0) is 16.1 Å². The van der Waals surface area contributed by atoms with E-state index in [1.165, 1.54) is 29.4 Å². The average Bonchev–Trinajstić information content (AvgIpc) is 3.06. The van der Waals surface area contributed by atoms with Crippen molar-refractivity contribution in [2.75, 3.05) is 11.9 Å². The number of furan rings is 1. The van der Waals surface area contributed by atoms with Gasteiger partial charge in [-0.25, -0.2) is 4.39 Å². The lowest BCUT2D eigenvalue weighted by molar-refractivity contribution is -0.135. The number of terminal acetylenes is 1. The van der Waals surface area contributed by atoms with E-state index in [9.17, 15) is 14.0 Å². The van der Waals surface area contributed by atoms with Gasteiger partial charge in [-0.05, 0) is 35.9 Å². The number of carbonyl (C=O) groups is 2. The maximum atomic E-state index is 13.6. The van der Waals surface area contributed by atoms with Crippen molar-refractivity contribution in [1.29, 1.82) is 0 Å². The van der Waals surface area contributed by atoms with E-state index in [2.05, 4.69) is 11.2 Å². The molecule has 0 fully saturated rings. The molecule has 0 saturated heterocycles. The largest absolute Gasteiger partial charge is 0.467 e. The fourth-order valence-corrected chi connectivity index (χ4v) is 2.79. The molecular formula is C18H15FN2O3. The molecule has 122 valence electrons. The number of nitrogens with one attached hydrogen (secondary N) is 1. The molecule has 2 heterocycles. The number of hydrogen-bond donors (Lipinski definition) is 1.